The van der Waals surface area contributed by atoms with Crippen LogP contribution in [0.25, 0.3) is 0 Å². The van der Waals surface area contributed by atoms with Crippen molar-refractivity contribution in [2.45, 2.75) is 12.8 Å². The number of nitrogens with zero attached hydrogens (tertiary/aromatic N) is 1. The van der Waals surface area contributed by atoms with E-state index in [1.807, 2.05) is 0 Å². The van der Waals surface area contributed by atoms with E-state index in [4.69, 9.17) is 4.74 Å². The number of ether oxygens (including phenoxy) is 1. The summed E-state index contributed by atoms with van der Waals surface area (Å²) < 4.78 is 18.2. The number of rotatable bonds is 4. The largest absolute Gasteiger partial charge is 0.381 e. The smallest absolute Gasteiger partial charge is 0.227 e. The standard InChI is InChI=1S/C16H19FN2O3/c17-13-1-3-14(4-2-13)19-9-12(7-15(19)20)16(21)18-8-11-5-6-22-10-11/h1-4,11-12H,5-10H2,(H,18,21)/t11-,12+/m0/s1. The topological polar surface area (TPSA) is 58.6 Å². The summed E-state index contributed by atoms with van der Waals surface area (Å²) >= 11 is 0. The average Bonchev–Trinajstić information content (AvgIpc) is 3.15. The number of carbonyl (C=O) groups excluding carboxylic acids is 2. The van der Waals surface area contributed by atoms with E-state index in [0.717, 1.165) is 13.0 Å². The minimum absolute atomic E-state index is 0.0927. The molecule has 5 nitrogen and oxygen atoms in total. The van der Waals surface area contributed by atoms with E-state index in [0.29, 0.717) is 31.3 Å². The number of benzene rings is 1. The molecule has 0 aliphatic carbocycles. The van der Waals surface area contributed by atoms with Gasteiger partial charge in [0.05, 0.1) is 12.5 Å². The maximum Gasteiger partial charge on any atom is 0.227 e. The van der Waals surface area contributed by atoms with E-state index < -0.39 is 0 Å². The summed E-state index contributed by atoms with van der Waals surface area (Å²) in [5.41, 5.74) is 0.630. The molecule has 3 rings (SSSR count). The number of amides is 2. The molecule has 0 spiro atoms. The van der Waals surface area contributed by atoms with Crippen molar-refractivity contribution in [3.8, 4) is 0 Å². The fourth-order valence-corrected chi connectivity index (χ4v) is 2.89. The first-order valence-electron chi connectivity index (χ1n) is 7.55. The molecule has 2 saturated heterocycles. The van der Waals surface area contributed by atoms with Gasteiger partial charge in [-0.05, 0) is 30.7 Å². The molecule has 2 atom stereocenters. The normalized spacial score (nSPS) is 24.8. The zero-order valence-electron chi connectivity index (χ0n) is 12.3. The van der Waals surface area contributed by atoms with Crippen molar-refractivity contribution in [1.29, 1.82) is 0 Å². The number of hydrogen-bond donors (Lipinski definition) is 1. The van der Waals surface area contributed by atoms with Crippen LogP contribution in [-0.4, -0.2) is 38.1 Å². The van der Waals surface area contributed by atoms with E-state index in [1.165, 1.54) is 12.1 Å². The molecular weight excluding hydrogens is 287 g/mol. The molecule has 1 aromatic rings. The van der Waals surface area contributed by atoms with Crippen LogP contribution in [0.5, 0.6) is 0 Å². The Morgan fingerprint density at radius 3 is 2.82 bits per heavy atom. The van der Waals surface area contributed by atoms with Gasteiger partial charge in [0, 0.05) is 37.7 Å². The summed E-state index contributed by atoms with van der Waals surface area (Å²) in [4.78, 5) is 25.8. The first-order chi connectivity index (χ1) is 10.6. The van der Waals surface area contributed by atoms with Crippen molar-refractivity contribution >= 4 is 17.5 Å². The minimum atomic E-state index is -0.347. The van der Waals surface area contributed by atoms with E-state index >= 15 is 0 Å². The maximum atomic E-state index is 12.9. The summed E-state index contributed by atoms with van der Waals surface area (Å²) in [6.07, 6.45) is 1.16. The van der Waals surface area contributed by atoms with Gasteiger partial charge < -0.3 is 15.0 Å². The fourth-order valence-electron chi connectivity index (χ4n) is 2.89. The average molecular weight is 306 g/mol. The van der Waals surface area contributed by atoms with Crippen LogP contribution in [-0.2, 0) is 14.3 Å². The molecule has 0 unspecified atom stereocenters. The monoisotopic (exact) mass is 306 g/mol. The quantitative estimate of drug-likeness (QED) is 0.913. The Balaban J connectivity index is 1.56. The minimum Gasteiger partial charge on any atom is -0.381 e. The summed E-state index contributed by atoms with van der Waals surface area (Å²) in [5, 5.41) is 2.91. The molecule has 0 aromatic heterocycles. The highest BCUT2D eigenvalue weighted by molar-refractivity contribution is 6.00. The van der Waals surface area contributed by atoms with Crippen molar-refractivity contribution in [2.75, 3.05) is 31.2 Å². The van der Waals surface area contributed by atoms with Crippen LogP contribution >= 0.6 is 0 Å². The predicted octanol–water partition coefficient (Wildman–Crippen LogP) is 1.33. The summed E-state index contributed by atoms with van der Waals surface area (Å²) in [6.45, 7) is 2.38. The van der Waals surface area contributed by atoms with E-state index in [-0.39, 0.29) is 30.0 Å². The van der Waals surface area contributed by atoms with Crippen molar-refractivity contribution in [1.82, 2.24) is 5.32 Å². The third-order valence-electron chi connectivity index (χ3n) is 4.22. The molecule has 2 amide bonds. The van der Waals surface area contributed by atoms with Crippen LogP contribution in [0.1, 0.15) is 12.8 Å². The van der Waals surface area contributed by atoms with Gasteiger partial charge in [0.1, 0.15) is 5.82 Å². The highest BCUT2D eigenvalue weighted by atomic mass is 19.1. The maximum absolute atomic E-state index is 12.9. The molecule has 6 heteroatoms. The lowest BCUT2D eigenvalue weighted by Gasteiger charge is -2.17. The first-order valence-corrected chi connectivity index (χ1v) is 7.55. The molecule has 1 aromatic carbocycles. The van der Waals surface area contributed by atoms with Crippen LogP contribution < -0.4 is 10.2 Å². The lowest BCUT2D eigenvalue weighted by atomic mass is 10.1. The molecular formula is C16H19FN2O3. The van der Waals surface area contributed by atoms with Gasteiger partial charge in [0.15, 0.2) is 0 Å². The lowest BCUT2D eigenvalue weighted by Crippen LogP contribution is -2.36. The first kappa shape index (κ1) is 15.0. The Morgan fingerprint density at radius 1 is 1.36 bits per heavy atom. The van der Waals surface area contributed by atoms with Crippen molar-refractivity contribution in [3.63, 3.8) is 0 Å². The van der Waals surface area contributed by atoms with Gasteiger partial charge >= 0.3 is 0 Å². The zero-order chi connectivity index (χ0) is 15.5. The van der Waals surface area contributed by atoms with Crippen LogP contribution in [0.15, 0.2) is 24.3 Å². The molecule has 2 aliphatic heterocycles. The van der Waals surface area contributed by atoms with Crippen molar-refractivity contribution < 1.29 is 18.7 Å². The summed E-state index contributed by atoms with van der Waals surface area (Å²) in [5.74, 6) is -0.515. The molecule has 0 bridgehead atoms. The highest BCUT2D eigenvalue weighted by Crippen LogP contribution is 2.25. The molecule has 2 heterocycles. The highest BCUT2D eigenvalue weighted by Gasteiger charge is 2.35. The van der Waals surface area contributed by atoms with Crippen LogP contribution in [0.3, 0.4) is 0 Å². The third kappa shape index (κ3) is 3.27. The lowest BCUT2D eigenvalue weighted by molar-refractivity contribution is -0.126. The van der Waals surface area contributed by atoms with Crippen LogP contribution in [0, 0.1) is 17.7 Å². The number of halogens is 1. The van der Waals surface area contributed by atoms with Crippen molar-refractivity contribution in [2.24, 2.45) is 11.8 Å². The van der Waals surface area contributed by atoms with Crippen molar-refractivity contribution in [3.05, 3.63) is 30.1 Å². The van der Waals surface area contributed by atoms with Gasteiger partial charge in [-0.2, -0.15) is 0 Å². The van der Waals surface area contributed by atoms with E-state index in [2.05, 4.69) is 5.32 Å². The molecule has 0 radical (unpaired) electrons. The predicted molar refractivity (Wildman–Crippen MR) is 78.8 cm³/mol. The molecule has 2 aliphatic rings. The van der Waals surface area contributed by atoms with Gasteiger partial charge in [0.25, 0.3) is 0 Å². The third-order valence-corrected chi connectivity index (χ3v) is 4.22. The van der Waals surface area contributed by atoms with Gasteiger partial charge in [0.2, 0.25) is 11.8 Å². The molecule has 22 heavy (non-hydrogen) atoms. The second-order valence-electron chi connectivity index (χ2n) is 5.86. The van der Waals surface area contributed by atoms with Gasteiger partial charge in [-0.3, -0.25) is 9.59 Å². The summed E-state index contributed by atoms with van der Waals surface area (Å²) in [7, 11) is 0. The van der Waals surface area contributed by atoms with E-state index in [9.17, 15) is 14.0 Å². The Labute approximate surface area is 128 Å². The Kier molecular flexibility index (Phi) is 4.38. The second-order valence-corrected chi connectivity index (χ2v) is 5.86. The van der Waals surface area contributed by atoms with Crippen LogP contribution in [0.2, 0.25) is 0 Å². The summed E-state index contributed by atoms with van der Waals surface area (Å²) in [6, 6.07) is 5.75. The SMILES string of the molecule is O=C(NC[C@@H]1CCOC1)[C@@H]1CC(=O)N(c2ccc(F)cc2)C1. The van der Waals surface area contributed by atoms with E-state index in [1.54, 1.807) is 17.0 Å². The second kappa shape index (κ2) is 6.44. The number of anilines is 1. The Morgan fingerprint density at radius 2 is 2.14 bits per heavy atom. The van der Waals surface area contributed by atoms with Crippen LogP contribution in [0.4, 0.5) is 10.1 Å². The molecule has 118 valence electrons. The number of carbonyl (C=O) groups is 2. The number of nitrogens with one attached hydrogen (secondary N) is 1. The van der Waals surface area contributed by atoms with Gasteiger partial charge in [-0.1, -0.05) is 0 Å². The molecule has 0 saturated carbocycles. The zero-order valence-corrected chi connectivity index (χ0v) is 12.3. The van der Waals surface area contributed by atoms with Gasteiger partial charge in [-0.15, -0.1) is 0 Å². The van der Waals surface area contributed by atoms with Gasteiger partial charge in [-0.25, -0.2) is 4.39 Å². The fraction of sp³-hybridized carbons (Fsp3) is 0.500. The Hall–Kier alpha value is -1.95. The molecule has 2 fully saturated rings. The Bertz CT molecular complexity index is 555. The molecule has 1 N–H and O–H groups in total. The number of hydrogen-bond acceptors (Lipinski definition) is 3.